The van der Waals surface area contributed by atoms with Crippen molar-refractivity contribution in [3.8, 4) is 11.4 Å². The Morgan fingerprint density at radius 2 is 2.03 bits per heavy atom. The first-order valence-electron chi connectivity index (χ1n) is 11.6. The number of hydrogen-bond donors (Lipinski definition) is 2. The third-order valence-electron chi connectivity index (χ3n) is 5.56. The Balaban J connectivity index is 0.000000257. The van der Waals surface area contributed by atoms with E-state index in [1.807, 2.05) is 18.3 Å². The van der Waals surface area contributed by atoms with E-state index < -0.39 is 0 Å². The Labute approximate surface area is 197 Å². The van der Waals surface area contributed by atoms with Gasteiger partial charge in [0, 0.05) is 66.1 Å². The molecule has 0 bridgehead atoms. The summed E-state index contributed by atoms with van der Waals surface area (Å²) >= 11 is 0. The number of nitrogens with zero attached hydrogens (tertiary/aromatic N) is 4. The van der Waals surface area contributed by atoms with E-state index in [1.54, 1.807) is 30.9 Å². The maximum Gasteiger partial charge on any atom is 0.160 e. The van der Waals surface area contributed by atoms with Crippen molar-refractivity contribution >= 4 is 11.8 Å². The molecule has 6 nitrogen and oxygen atoms in total. The highest BCUT2D eigenvalue weighted by Gasteiger charge is 2.14. The molecule has 1 saturated heterocycles. The van der Waals surface area contributed by atoms with Crippen LogP contribution in [-0.2, 0) is 6.42 Å². The minimum Gasteiger partial charge on any atom is -0.381 e. The highest BCUT2D eigenvalue weighted by atomic mass is 15.0. The first-order valence-corrected chi connectivity index (χ1v) is 11.6. The third kappa shape index (κ3) is 7.32. The molecule has 0 spiro atoms. The first-order chi connectivity index (χ1) is 16.1. The van der Waals surface area contributed by atoms with Crippen LogP contribution in [0.5, 0.6) is 0 Å². The molecule has 4 heterocycles. The quantitative estimate of drug-likeness (QED) is 0.545. The molecule has 3 aromatic rings. The van der Waals surface area contributed by atoms with E-state index in [4.69, 9.17) is 0 Å². The Hall–Kier alpha value is -3.38. The summed E-state index contributed by atoms with van der Waals surface area (Å²) in [5.74, 6) is 0.650. The summed E-state index contributed by atoms with van der Waals surface area (Å²) in [6.07, 6.45) is 15.4. The largest absolute Gasteiger partial charge is 0.381 e. The van der Waals surface area contributed by atoms with Crippen LogP contribution in [0.15, 0.2) is 62.3 Å². The minimum atomic E-state index is 0.421. The summed E-state index contributed by atoms with van der Waals surface area (Å²) in [5, 5.41) is 6.83. The Morgan fingerprint density at radius 3 is 2.70 bits per heavy atom. The van der Waals surface area contributed by atoms with E-state index in [-0.39, 0.29) is 0 Å². The van der Waals surface area contributed by atoms with Gasteiger partial charge in [-0.05, 0) is 56.0 Å². The number of aryl methyl sites for hydroxylation is 2. The number of aromatic nitrogens is 4. The van der Waals surface area contributed by atoms with Crippen LogP contribution in [0.1, 0.15) is 48.6 Å². The van der Waals surface area contributed by atoms with Gasteiger partial charge in [0.2, 0.25) is 0 Å². The van der Waals surface area contributed by atoms with Gasteiger partial charge >= 0.3 is 0 Å². The van der Waals surface area contributed by atoms with Crippen LogP contribution < -0.4 is 10.6 Å². The van der Waals surface area contributed by atoms with Gasteiger partial charge < -0.3 is 10.6 Å². The van der Waals surface area contributed by atoms with E-state index in [0.29, 0.717) is 11.9 Å². The van der Waals surface area contributed by atoms with Gasteiger partial charge in [0.15, 0.2) is 5.82 Å². The lowest BCUT2D eigenvalue weighted by molar-refractivity contribution is 0.427. The van der Waals surface area contributed by atoms with Gasteiger partial charge in [0.05, 0.1) is 0 Å². The number of pyridine rings is 2. The first kappa shape index (κ1) is 24.3. The average Bonchev–Trinajstić information content (AvgIpc) is 2.87. The number of nitrogens with one attached hydrogen (secondary N) is 2. The number of piperidine rings is 1. The Morgan fingerprint density at radius 1 is 1.21 bits per heavy atom. The summed E-state index contributed by atoms with van der Waals surface area (Å²) < 4.78 is 0. The van der Waals surface area contributed by atoms with Gasteiger partial charge in [0.25, 0.3) is 0 Å². The molecule has 0 amide bonds. The van der Waals surface area contributed by atoms with E-state index >= 15 is 0 Å². The van der Waals surface area contributed by atoms with Crippen molar-refractivity contribution < 1.29 is 0 Å². The molecule has 6 heteroatoms. The lowest BCUT2D eigenvalue weighted by atomic mass is 10.1. The van der Waals surface area contributed by atoms with Crippen LogP contribution in [0.2, 0.25) is 0 Å². The minimum absolute atomic E-state index is 0.421. The topological polar surface area (TPSA) is 75.6 Å². The fourth-order valence-corrected chi connectivity index (χ4v) is 3.68. The van der Waals surface area contributed by atoms with E-state index in [9.17, 15) is 0 Å². The second kappa shape index (κ2) is 12.6. The maximum absolute atomic E-state index is 4.44. The molecule has 0 radical (unpaired) electrons. The van der Waals surface area contributed by atoms with E-state index in [1.165, 1.54) is 24.1 Å². The summed E-state index contributed by atoms with van der Waals surface area (Å²) in [4.78, 5) is 17.2. The molecule has 172 valence electrons. The summed E-state index contributed by atoms with van der Waals surface area (Å²) in [6, 6.07) is 6.53. The zero-order chi connectivity index (χ0) is 23.5. The van der Waals surface area contributed by atoms with Crippen LogP contribution >= 0.6 is 0 Å². The van der Waals surface area contributed by atoms with Crippen LogP contribution in [0.3, 0.4) is 0 Å². The molecule has 1 atom stereocenters. The van der Waals surface area contributed by atoms with Gasteiger partial charge in [-0.15, -0.1) is 0 Å². The van der Waals surface area contributed by atoms with Gasteiger partial charge in [-0.2, -0.15) is 0 Å². The molecular weight excluding hydrogens is 408 g/mol. The van der Waals surface area contributed by atoms with Gasteiger partial charge in [-0.3, -0.25) is 9.97 Å². The monoisotopic (exact) mass is 442 g/mol. The molecule has 0 saturated carbocycles. The molecule has 0 aliphatic carbocycles. The summed E-state index contributed by atoms with van der Waals surface area (Å²) in [5.41, 5.74) is 6.15. The molecule has 2 N–H and O–H groups in total. The molecule has 1 aliphatic rings. The summed E-state index contributed by atoms with van der Waals surface area (Å²) in [7, 11) is 0. The Bertz CT molecular complexity index is 1040. The number of hydrogen-bond acceptors (Lipinski definition) is 6. The fourth-order valence-electron chi connectivity index (χ4n) is 3.68. The van der Waals surface area contributed by atoms with E-state index in [2.05, 4.69) is 63.6 Å². The predicted molar refractivity (Wildman–Crippen MR) is 136 cm³/mol. The van der Waals surface area contributed by atoms with Crippen LogP contribution in [0.25, 0.3) is 23.2 Å². The lowest BCUT2D eigenvalue weighted by Gasteiger charge is -2.25. The second-order valence-electron chi connectivity index (χ2n) is 8.17. The van der Waals surface area contributed by atoms with Gasteiger partial charge in [-0.1, -0.05) is 38.6 Å². The van der Waals surface area contributed by atoms with Crippen LogP contribution in [-0.4, -0.2) is 39.1 Å². The van der Waals surface area contributed by atoms with Crippen LogP contribution in [0.4, 0.5) is 0 Å². The van der Waals surface area contributed by atoms with Crippen LogP contribution in [0, 0.1) is 6.92 Å². The maximum atomic E-state index is 4.44. The molecule has 1 fully saturated rings. The molecule has 1 unspecified atom stereocenters. The second-order valence-corrected chi connectivity index (χ2v) is 8.17. The van der Waals surface area contributed by atoms with Crippen molar-refractivity contribution in [3.05, 3.63) is 84.7 Å². The van der Waals surface area contributed by atoms with Crippen molar-refractivity contribution in [1.82, 2.24) is 30.6 Å². The molecule has 1 aliphatic heterocycles. The number of rotatable bonds is 7. The fraction of sp³-hybridized carbons (Fsp3) is 0.333. The molecule has 4 rings (SSSR count). The van der Waals surface area contributed by atoms with Gasteiger partial charge in [0.1, 0.15) is 0 Å². The van der Waals surface area contributed by atoms with Crippen molar-refractivity contribution in [2.24, 2.45) is 0 Å². The zero-order valence-electron chi connectivity index (χ0n) is 19.7. The zero-order valence-corrected chi connectivity index (χ0v) is 19.7. The molecular formula is C27H34N6. The third-order valence-corrected chi connectivity index (χ3v) is 5.56. The average molecular weight is 443 g/mol. The molecule has 0 aromatic carbocycles. The molecule has 3 aromatic heterocycles. The highest BCUT2D eigenvalue weighted by Crippen LogP contribution is 2.17. The van der Waals surface area contributed by atoms with E-state index in [0.717, 1.165) is 48.3 Å². The normalized spacial score (nSPS) is 15.2. The van der Waals surface area contributed by atoms with Gasteiger partial charge in [-0.25, -0.2) is 9.97 Å². The lowest BCUT2D eigenvalue weighted by Crippen LogP contribution is -2.42. The van der Waals surface area contributed by atoms with Crippen molar-refractivity contribution in [3.63, 3.8) is 0 Å². The molecule has 33 heavy (non-hydrogen) atoms. The smallest absolute Gasteiger partial charge is 0.160 e. The van der Waals surface area contributed by atoms with Crippen molar-refractivity contribution in [2.75, 3.05) is 13.1 Å². The Kier molecular flexibility index (Phi) is 9.27. The predicted octanol–water partition coefficient (Wildman–Crippen LogP) is 4.84. The summed E-state index contributed by atoms with van der Waals surface area (Å²) in [6.45, 7) is 14.2. The van der Waals surface area contributed by atoms with Crippen molar-refractivity contribution in [2.45, 2.75) is 45.6 Å². The highest BCUT2D eigenvalue weighted by molar-refractivity contribution is 5.63. The SMILES string of the molecule is C=Cc1cncc(-c2ncc(C(=C)NC3CCCNC3)cn2)c1.CCCc1cccnc1C. The van der Waals surface area contributed by atoms with Crippen molar-refractivity contribution in [1.29, 1.82) is 0 Å². The standard InChI is InChI=1S/C18H21N5.C9H13N/c1-3-14-7-15(9-20-8-14)18-21-10-16(11-22-18)13(2)23-17-5-4-6-19-12-17;1-3-5-9-6-4-7-10-8(9)2/h3,7-11,17,19,23H,1-2,4-6,12H2;4,6-7H,3,5H2,1-2H3.